The lowest BCUT2D eigenvalue weighted by atomic mass is 9.94. The van der Waals surface area contributed by atoms with Gasteiger partial charge in [-0.05, 0) is 33.0 Å². The van der Waals surface area contributed by atoms with Gasteiger partial charge in [0.15, 0.2) is 0 Å². The summed E-state index contributed by atoms with van der Waals surface area (Å²) in [7, 11) is 4.29. The summed E-state index contributed by atoms with van der Waals surface area (Å²) in [5, 5.41) is 10.5. The fourth-order valence-electron chi connectivity index (χ4n) is 4.52. The third-order valence-electron chi connectivity index (χ3n) is 6.44. The van der Waals surface area contributed by atoms with Crippen LogP contribution < -0.4 is 4.74 Å². The molecule has 1 aromatic carbocycles. The molecule has 0 unspecified atom stereocenters. The molecule has 1 aliphatic heterocycles. The second-order valence-electron chi connectivity index (χ2n) is 9.00. The van der Waals surface area contributed by atoms with Gasteiger partial charge in [0.25, 0.3) is 0 Å². The summed E-state index contributed by atoms with van der Waals surface area (Å²) in [4.78, 5) is 7.12. The average Bonchev–Trinajstić information content (AvgIpc) is 2.78. The Morgan fingerprint density at radius 3 is 2.63 bits per heavy atom. The molecular formula is C24H41N3O3. The number of ether oxygens (including phenoxy) is 2. The van der Waals surface area contributed by atoms with Crippen LogP contribution >= 0.6 is 0 Å². The number of para-hydroxylation sites is 1. The number of rotatable bonds is 11. The number of hydrogen-bond donors (Lipinski definition) is 1. The fourth-order valence-corrected chi connectivity index (χ4v) is 4.52. The first-order valence-electron chi connectivity index (χ1n) is 11.7. The summed E-state index contributed by atoms with van der Waals surface area (Å²) in [6, 6.07) is 8.82. The molecule has 0 amide bonds. The smallest absolute Gasteiger partial charge is 0.123 e. The maximum absolute atomic E-state index is 10.5. The van der Waals surface area contributed by atoms with Crippen LogP contribution in [-0.4, -0.2) is 98.6 Å². The van der Waals surface area contributed by atoms with Gasteiger partial charge in [-0.2, -0.15) is 0 Å². The van der Waals surface area contributed by atoms with E-state index < -0.39 is 6.10 Å². The Morgan fingerprint density at radius 1 is 1.13 bits per heavy atom. The Labute approximate surface area is 182 Å². The summed E-state index contributed by atoms with van der Waals surface area (Å²) in [6.45, 7) is 7.69. The van der Waals surface area contributed by atoms with E-state index in [0.29, 0.717) is 19.2 Å². The molecule has 2 aliphatic rings. The van der Waals surface area contributed by atoms with Crippen molar-refractivity contribution in [3.05, 3.63) is 29.8 Å². The zero-order valence-electron chi connectivity index (χ0n) is 19.0. The maximum atomic E-state index is 10.5. The number of morpholine rings is 1. The van der Waals surface area contributed by atoms with Gasteiger partial charge in [0, 0.05) is 50.9 Å². The molecule has 170 valence electrons. The first-order chi connectivity index (χ1) is 14.6. The van der Waals surface area contributed by atoms with Crippen LogP contribution in [0.4, 0.5) is 0 Å². The molecule has 0 bridgehead atoms. The van der Waals surface area contributed by atoms with E-state index in [0.717, 1.165) is 51.7 Å². The second kappa shape index (κ2) is 12.6. The van der Waals surface area contributed by atoms with Crippen LogP contribution in [0.1, 0.15) is 37.7 Å². The lowest BCUT2D eigenvalue weighted by Gasteiger charge is -2.32. The Bertz CT molecular complexity index is 603. The highest BCUT2D eigenvalue weighted by molar-refractivity contribution is 5.33. The van der Waals surface area contributed by atoms with Crippen molar-refractivity contribution in [3.8, 4) is 5.75 Å². The summed E-state index contributed by atoms with van der Waals surface area (Å²) >= 11 is 0. The number of benzene rings is 1. The first kappa shape index (κ1) is 23.5. The molecule has 6 heteroatoms. The standard InChI is InChI=1S/C24H41N3O3/c1-25(12-13-27-14-16-29-17-15-27)18-21-8-6-7-11-24(21)30-20-23(28)19-26(2)22-9-4-3-5-10-22/h6-8,11,22-23,28H,3-5,9-10,12-20H2,1-2H3/t23-/m0/s1. The number of hydrogen-bond acceptors (Lipinski definition) is 6. The minimum atomic E-state index is -0.468. The predicted molar refractivity (Wildman–Crippen MR) is 121 cm³/mol. The maximum Gasteiger partial charge on any atom is 0.123 e. The van der Waals surface area contributed by atoms with Crippen LogP contribution in [0.15, 0.2) is 24.3 Å². The molecule has 1 aromatic rings. The summed E-state index contributed by atoms with van der Waals surface area (Å²) in [5.74, 6) is 0.884. The molecule has 2 fully saturated rings. The van der Waals surface area contributed by atoms with E-state index in [2.05, 4.69) is 40.9 Å². The molecule has 1 saturated carbocycles. The van der Waals surface area contributed by atoms with Crippen LogP contribution in [-0.2, 0) is 11.3 Å². The van der Waals surface area contributed by atoms with E-state index in [4.69, 9.17) is 9.47 Å². The molecule has 1 atom stereocenters. The fraction of sp³-hybridized carbons (Fsp3) is 0.750. The lowest BCUT2D eigenvalue weighted by Crippen LogP contribution is -2.40. The predicted octanol–water partition coefficient (Wildman–Crippen LogP) is 2.45. The topological polar surface area (TPSA) is 48.4 Å². The summed E-state index contributed by atoms with van der Waals surface area (Å²) in [6.07, 6.45) is 6.02. The number of aliphatic hydroxyl groups excluding tert-OH is 1. The van der Waals surface area contributed by atoms with E-state index in [1.54, 1.807) is 0 Å². The van der Waals surface area contributed by atoms with Crippen LogP contribution in [0.2, 0.25) is 0 Å². The summed E-state index contributed by atoms with van der Waals surface area (Å²) < 4.78 is 11.5. The van der Waals surface area contributed by atoms with Crippen LogP contribution in [0.5, 0.6) is 5.75 Å². The highest BCUT2D eigenvalue weighted by atomic mass is 16.5. The molecule has 1 aliphatic carbocycles. The van der Waals surface area contributed by atoms with Gasteiger partial charge in [0.05, 0.1) is 13.2 Å². The van der Waals surface area contributed by atoms with Gasteiger partial charge in [-0.3, -0.25) is 4.90 Å². The minimum Gasteiger partial charge on any atom is -0.491 e. The molecule has 0 spiro atoms. The van der Waals surface area contributed by atoms with Gasteiger partial charge >= 0.3 is 0 Å². The molecule has 0 radical (unpaired) electrons. The molecule has 0 aromatic heterocycles. The van der Waals surface area contributed by atoms with E-state index >= 15 is 0 Å². The Kier molecular flexibility index (Phi) is 9.88. The van der Waals surface area contributed by atoms with Crippen molar-refractivity contribution in [2.24, 2.45) is 0 Å². The van der Waals surface area contributed by atoms with Crippen LogP contribution in [0, 0.1) is 0 Å². The Morgan fingerprint density at radius 2 is 1.87 bits per heavy atom. The second-order valence-corrected chi connectivity index (χ2v) is 9.00. The van der Waals surface area contributed by atoms with Crippen molar-refractivity contribution in [3.63, 3.8) is 0 Å². The molecule has 6 nitrogen and oxygen atoms in total. The van der Waals surface area contributed by atoms with Crippen molar-refractivity contribution in [1.29, 1.82) is 0 Å². The van der Waals surface area contributed by atoms with Crippen LogP contribution in [0.3, 0.4) is 0 Å². The average molecular weight is 420 g/mol. The van der Waals surface area contributed by atoms with E-state index in [9.17, 15) is 5.11 Å². The summed E-state index contributed by atoms with van der Waals surface area (Å²) in [5.41, 5.74) is 1.18. The van der Waals surface area contributed by atoms with Gasteiger partial charge < -0.3 is 24.4 Å². The number of likely N-dealkylation sites (N-methyl/N-ethyl adjacent to an activating group) is 2. The Hall–Kier alpha value is -1.18. The third kappa shape index (κ3) is 7.82. The number of aliphatic hydroxyl groups is 1. The highest BCUT2D eigenvalue weighted by Gasteiger charge is 2.20. The van der Waals surface area contributed by atoms with Crippen molar-refractivity contribution in [2.75, 3.05) is 66.6 Å². The van der Waals surface area contributed by atoms with E-state index in [1.165, 1.54) is 37.7 Å². The third-order valence-corrected chi connectivity index (χ3v) is 6.44. The SMILES string of the molecule is CN(CCN1CCOCC1)Cc1ccccc1OC[C@@H](O)CN(C)C1CCCCC1. The van der Waals surface area contributed by atoms with Gasteiger partial charge in [0.1, 0.15) is 18.5 Å². The van der Waals surface area contributed by atoms with Gasteiger partial charge in [-0.1, -0.05) is 37.5 Å². The molecule has 1 heterocycles. The van der Waals surface area contributed by atoms with Gasteiger partial charge in [-0.15, -0.1) is 0 Å². The quantitative estimate of drug-likeness (QED) is 0.595. The molecule has 1 saturated heterocycles. The van der Waals surface area contributed by atoms with Crippen LogP contribution in [0.25, 0.3) is 0 Å². The zero-order chi connectivity index (χ0) is 21.2. The number of nitrogens with zero attached hydrogens (tertiary/aromatic N) is 3. The first-order valence-corrected chi connectivity index (χ1v) is 11.7. The van der Waals surface area contributed by atoms with Crippen molar-refractivity contribution in [1.82, 2.24) is 14.7 Å². The molecule has 1 N–H and O–H groups in total. The van der Waals surface area contributed by atoms with E-state index in [1.807, 2.05) is 12.1 Å². The largest absolute Gasteiger partial charge is 0.491 e. The monoisotopic (exact) mass is 419 g/mol. The van der Waals surface area contributed by atoms with Crippen molar-refractivity contribution >= 4 is 0 Å². The molecule has 30 heavy (non-hydrogen) atoms. The van der Waals surface area contributed by atoms with Crippen molar-refractivity contribution < 1.29 is 14.6 Å². The van der Waals surface area contributed by atoms with Crippen molar-refractivity contribution in [2.45, 2.75) is 50.8 Å². The zero-order valence-corrected chi connectivity index (χ0v) is 19.0. The minimum absolute atomic E-state index is 0.339. The lowest BCUT2D eigenvalue weighted by molar-refractivity contribution is 0.0341. The van der Waals surface area contributed by atoms with Gasteiger partial charge in [-0.25, -0.2) is 0 Å². The van der Waals surface area contributed by atoms with E-state index in [-0.39, 0.29) is 0 Å². The normalized spacial score (nSPS) is 20.0. The molecular weight excluding hydrogens is 378 g/mol. The van der Waals surface area contributed by atoms with Gasteiger partial charge in [0.2, 0.25) is 0 Å². The Balaban J connectivity index is 1.42. The highest BCUT2D eigenvalue weighted by Crippen LogP contribution is 2.22. The molecule has 3 rings (SSSR count).